The summed E-state index contributed by atoms with van der Waals surface area (Å²) in [5.41, 5.74) is 4.74. The fraction of sp³-hybridized carbons (Fsp3) is 0.143. The summed E-state index contributed by atoms with van der Waals surface area (Å²) in [4.78, 5) is 20.1. The lowest BCUT2D eigenvalue weighted by molar-refractivity contribution is -0.116. The molecule has 0 spiro atoms. The standard InChI is InChI=1S/C21H18ClN3O/c1-13-6-7-14(22)10-19(13)25-21(26)9-8-15-11-17-16-4-2-3-5-18(16)24-20(17)12-23-15/h2-7,10-12,24H,8-9H2,1H3,(H,25,26). The van der Waals surface area contributed by atoms with Crippen molar-refractivity contribution in [3.8, 4) is 0 Å². The van der Waals surface area contributed by atoms with Crippen molar-refractivity contribution in [1.82, 2.24) is 9.97 Å². The van der Waals surface area contributed by atoms with E-state index in [2.05, 4.69) is 33.5 Å². The van der Waals surface area contributed by atoms with Crippen LogP contribution in [0.1, 0.15) is 17.7 Å². The molecular weight excluding hydrogens is 346 g/mol. The number of fused-ring (bicyclic) bond motifs is 3. The number of aryl methyl sites for hydroxylation is 2. The van der Waals surface area contributed by atoms with Gasteiger partial charge in [-0.3, -0.25) is 9.78 Å². The molecule has 0 atom stereocenters. The average Bonchev–Trinajstić information content (AvgIpc) is 3.01. The maximum absolute atomic E-state index is 12.3. The highest BCUT2D eigenvalue weighted by atomic mass is 35.5. The molecule has 0 aliphatic rings. The Morgan fingerprint density at radius 1 is 1.12 bits per heavy atom. The van der Waals surface area contributed by atoms with E-state index >= 15 is 0 Å². The lowest BCUT2D eigenvalue weighted by Gasteiger charge is -2.08. The number of pyridine rings is 1. The highest BCUT2D eigenvalue weighted by molar-refractivity contribution is 6.31. The summed E-state index contributed by atoms with van der Waals surface area (Å²) in [6.07, 6.45) is 2.79. The number of anilines is 1. The maximum Gasteiger partial charge on any atom is 0.224 e. The van der Waals surface area contributed by atoms with Crippen LogP contribution in [0.3, 0.4) is 0 Å². The topological polar surface area (TPSA) is 57.8 Å². The summed E-state index contributed by atoms with van der Waals surface area (Å²) in [7, 11) is 0. The first-order valence-electron chi connectivity index (χ1n) is 8.51. The number of carbonyl (C=O) groups is 1. The third kappa shape index (κ3) is 3.28. The number of benzene rings is 2. The number of nitrogens with zero attached hydrogens (tertiary/aromatic N) is 1. The van der Waals surface area contributed by atoms with Gasteiger partial charge in [0.2, 0.25) is 5.91 Å². The van der Waals surface area contributed by atoms with Crippen LogP contribution in [-0.4, -0.2) is 15.9 Å². The van der Waals surface area contributed by atoms with E-state index in [1.54, 1.807) is 6.07 Å². The summed E-state index contributed by atoms with van der Waals surface area (Å²) >= 11 is 6.00. The summed E-state index contributed by atoms with van der Waals surface area (Å²) in [6.45, 7) is 1.94. The predicted octanol–water partition coefficient (Wildman–Crippen LogP) is 5.25. The van der Waals surface area contributed by atoms with E-state index in [4.69, 9.17) is 11.6 Å². The number of nitrogens with one attached hydrogen (secondary N) is 2. The van der Waals surface area contributed by atoms with E-state index in [1.165, 1.54) is 5.39 Å². The van der Waals surface area contributed by atoms with Crippen molar-refractivity contribution in [1.29, 1.82) is 0 Å². The zero-order valence-corrected chi connectivity index (χ0v) is 15.1. The van der Waals surface area contributed by atoms with Gasteiger partial charge in [0.25, 0.3) is 0 Å². The molecule has 0 radical (unpaired) electrons. The lowest BCUT2D eigenvalue weighted by Crippen LogP contribution is -2.13. The maximum atomic E-state index is 12.3. The first-order valence-corrected chi connectivity index (χ1v) is 8.89. The van der Waals surface area contributed by atoms with Gasteiger partial charge in [0.15, 0.2) is 0 Å². The van der Waals surface area contributed by atoms with E-state index in [0.29, 0.717) is 17.9 Å². The van der Waals surface area contributed by atoms with Crippen molar-refractivity contribution in [2.45, 2.75) is 19.8 Å². The van der Waals surface area contributed by atoms with Crippen molar-refractivity contribution in [3.05, 3.63) is 71.0 Å². The summed E-state index contributed by atoms with van der Waals surface area (Å²) < 4.78 is 0. The molecule has 0 aliphatic carbocycles. The van der Waals surface area contributed by atoms with Gasteiger partial charge in [0.1, 0.15) is 0 Å². The lowest BCUT2D eigenvalue weighted by atomic mass is 10.1. The molecule has 4 nitrogen and oxygen atoms in total. The van der Waals surface area contributed by atoms with E-state index in [-0.39, 0.29) is 5.91 Å². The van der Waals surface area contributed by atoms with Crippen LogP contribution in [0, 0.1) is 6.92 Å². The SMILES string of the molecule is Cc1ccc(Cl)cc1NC(=O)CCc1cc2c(cn1)[nH]c1ccccc12. The minimum atomic E-state index is -0.0452. The second-order valence-corrected chi connectivity index (χ2v) is 6.84. The molecule has 0 unspecified atom stereocenters. The van der Waals surface area contributed by atoms with Crippen molar-refractivity contribution in [3.63, 3.8) is 0 Å². The number of aromatic nitrogens is 2. The third-order valence-corrected chi connectivity index (χ3v) is 4.76. The number of amides is 1. The molecule has 4 rings (SSSR count). The number of hydrogen-bond donors (Lipinski definition) is 2. The highest BCUT2D eigenvalue weighted by Crippen LogP contribution is 2.25. The van der Waals surface area contributed by atoms with E-state index < -0.39 is 0 Å². The van der Waals surface area contributed by atoms with Crippen LogP contribution in [0.25, 0.3) is 21.8 Å². The molecule has 1 amide bonds. The zero-order valence-electron chi connectivity index (χ0n) is 14.3. The molecule has 130 valence electrons. The van der Waals surface area contributed by atoms with Gasteiger partial charge in [0, 0.05) is 39.1 Å². The number of hydrogen-bond acceptors (Lipinski definition) is 2. The van der Waals surface area contributed by atoms with Crippen molar-refractivity contribution >= 4 is 45.0 Å². The molecular formula is C21H18ClN3O. The molecule has 0 bridgehead atoms. The Balaban J connectivity index is 1.49. The smallest absolute Gasteiger partial charge is 0.224 e. The van der Waals surface area contributed by atoms with Gasteiger partial charge >= 0.3 is 0 Å². The molecule has 4 aromatic rings. The molecule has 0 aliphatic heterocycles. The van der Waals surface area contributed by atoms with Gasteiger partial charge in [-0.25, -0.2) is 0 Å². The molecule has 2 N–H and O–H groups in total. The average molecular weight is 364 g/mol. The second kappa shape index (κ2) is 6.81. The first-order chi connectivity index (χ1) is 12.6. The minimum absolute atomic E-state index is 0.0452. The van der Waals surface area contributed by atoms with Crippen LogP contribution in [0.2, 0.25) is 5.02 Å². The fourth-order valence-corrected chi connectivity index (χ4v) is 3.29. The Hall–Kier alpha value is -2.85. The zero-order chi connectivity index (χ0) is 18.1. The van der Waals surface area contributed by atoms with E-state index in [0.717, 1.165) is 33.4 Å². The normalized spacial score (nSPS) is 11.2. The molecule has 26 heavy (non-hydrogen) atoms. The molecule has 5 heteroatoms. The molecule has 0 fully saturated rings. The second-order valence-electron chi connectivity index (χ2n) is 6.40. The predicted molar refractivity (Wildman–Crippen MR) is 107 cm³/mol. The quantitative estimate of drug-likeness (QED) is 0.520. The van der Waals surface area contributed by atoms with Gasteiger partial charge in [-0.15, -0.1) is 0 Å². The largest absolute Gasteiger partial charge is 0.353 e. The number of H-pyrrole nitrogens is 1. The van der Waals surface area contributed by atoms with Crippen molar-refractivity contribution in [2.75, 3.05) is 5.32 Å². The number of halogens is 1. The molecule has 0 saturated carbocycles. The van der Waals surface area contributed by atoms with Crippen LogP contribution >= 0.6 is 11.6 Å². The Labute approximate surface area is 156 Å². The van der Waals surface area contributed by atoms with Crippen LogP contribution in [0.5, 0.6) is 0 Å². The summed E-state index contributed by atoms with van der Waals surface area (Å²) in [6, 6.07) is 15.7. The van der Waals surface area contributed by atoms with Gasteiger partial charge in [-0.05, 0) is 43.2 Å². The van der Waals surface area contributed by atoms with Crippen LogP contribution in [0.15, 0.2) is 54.7 Å². The van der Waals surface area contributed by atoms with Gasteiger partial charge in [-0.2, -0.15) is 0 Å². The van der Waals surface area contributed by atoms with Crippen molar-refractivity contribution < 1.29 is 4.79 Å². The summed E-state index contributed by atoms with van der Waals surface area (Å²) in [5.74, 6) is -0.0452. The van der Waals surface area contributed by atoms with E-state index in [1.807, 2.05) is 37.4 Å². The van der Waals surface area contributed by atoms with E-state index in [9.17, 15) is 4.79 Å². The van der Waals surface area contributed by atoms with Gasteiger partial charge in [-0.1, -0.05) is 35.9 Å². The molecule has 2 aromatic heterocycles. The molecule has 0 saturated heterocycles. The Morgan fingerprint density at radius 3 is 2.85 bits per heavy atom. The third-order valence-electron chi connectivity index (χ3n) is 4.53. The monoisotopic (exact) mass is 363 g/mol. The van der Waals surface area contributed by atoms with Gasteiger partial charge < -0.3 is 10.3 Å². The minimum Gasteiger partial charge on any atom is -0.353 e. The van der Waals surface area contributed by atoms with Crippen LogP contribution < -0.4 is 5.32 Å². The van der Waals surface area contributed by atoms with Crippen molar-refractivity contribution in [2.24, 2.45) is 0 Å². The Morgan fingerprint density at radius 2 is 1.96 bits per heavy atom. The van der Waals surface area contributed by atoms with Gasteiger partial charge in [0.05, 0.1) is 11.7 Å². The summed E-state index contributed by atoms with van der Waals surface area (Å²) in [5, 5.41) is 5.84. The first kappa shape index (κ1) is 16.6. The van der Waals surface area contributed by atoms with Crippen LogP contribution in [-0.2, 0) is 11.2 Å². The number of para-hydroxylation sites is 1. The highest BCUT2D eigenvalue weighted by Gasteiger charge is 2.09. The van der Waals surface area contributed by atoms with Crippen LogP contribution in [0.4, 0.5) is 5.69 Å². The Kier molecular flexibility index (Phi) is 4.35. The fourth-order valence-electron chi connectivity index (χ4n) is 3.11. The molecule has 2 aromatic carbocycles. The Bertz CT molecular complexity index is 1120. The number of aromatic amines is 1. The molecule has 2 heterocycles. The number of carbonyl (C=O) groups excluding carboxylic acids is 1. The number of rotatable bonds is 4.